The molecule has 0 bridgehead atoms. The normalized spacial score (nSPS) is 10.9. The van der Waals surface area contributed by atoms with Crippen LogP contribution in [0.3, 0.4) is 0 Å². The lowest BCUT2D eigenvalue weighted by atomic mass is 10.2. The van der Waals surface area contributed by atoms with Crippen LogP contribution in [0, 0.1) is 0 Å². The van der Waals surface area contributed by atoms with Crippen molar-refractivity contribution in [2.75, 3.05) is 56.9 Å². The number of hydrogen-bond acceptors (Lipinski definition) is 8. The summed E-state index contributed by atoms with van der Waals surface area (Å²) in [5.74, 6) is 1.32. The van der Waals surface area contributed by atoms with Crippen molar-refractivity contribution < 1.29 is 9.53 Å². The number of benzene rings is 2. The average molecular weight is 487 g/mol. The number of imidazole rings is 1. The number of aromatic nitrogens is 4. The van der Waals surface area contributed by atoms with E-state index < -0.39 is 0 Å². The largest absolute Gasteiger partial charge is 0.494 e. The average Bonchev–Trinajstić information content (AvgIpc) is 3.32. The molecule has 0 aliphatic carbocycles. The highest BCUT2D eigenvalue weighted by Crippen LogP contribution is 2.38. The first-order chi connectivity index (χ1) is 17.4. The SMILES string of the molecule is C=CC(=O)Nc1cc(Nc2nccc(-n3cnc4ccccc43)n2)c(OC)cc1N(C)CCN(C)C. The van der Waals surface area contributed by atoms with E-state index in [2.05, 4.69) is 42.0 Å². The molecule has 0 aliphatic heterocycles. The van der Waals surface area contributed by atoms with E-state index in [1.54, 1.807) is 19.6 Å². The van der Waals surface area contributed by atoms with Gasteiger partial charge in [-0.25, -0.2) is 9.97 Å². The zero-order valence-electron chi connectivity index (χ0n) is 20.9. The lowest BCUT2D eigenvalue weighted by Crippen LogP contribution is -2.29. The molecule has 10 heteroatoms. The van der Waals surface area contributed by atoms with E-state index in [4.69, 9.17) is 4.74 Å². The predicted molar refractivity (Wildman–Crippen MR) is 144 cm³/mol. The molecule has 10 nitrogen and oxygen atoms in total. The number of nitrogens with zero attached hydrogens (tertiary/aromatic N) is 6. The number of nitrogens with one attached hydrogen (secondary N) is 2. The van der Waals surface area contributed by atoms with Crippen LogP contribution in [0.2, 0.25) is 0 Å². The van der Waals surface area contributed by atoms with Gasteiger partial charge in [-0.3, -0.25) is 9.36 Å². The summed E-state index contributed by atoms with van der Waals surface area (Å²) in [4.78, 5) is 29.8. The standard InChI is InChI=1S/C26H30N8O2/c1-6-25(35)29-19-15-20(23(36-5)16-22(19)33(4)14-13-32(2)3)30-26-27-12-11-24(31-26)34-17-28-18-9-7-8-10-21(18)34/h6-12,15-17H,1,13-14H2,2-5H3,(H,29,35)(H,27,30,31). The van der Waals surface area contributed by atoms with E-state index >= 15 is 0 Å². The van der Waals surface area contributed by atoms with Crippen molar-refractivity contribution >= 4 is 40.0 Å². The van der Waals surface area contributed by atoms with Crippen molar-refractivity contribution in [2.24, 2.45) is 0 Å². The maximum absolute atomic E-state index is 12.2. The number of para-hydroxylation sites is 2. The third-order valence-electron chi connectivity index (χ3n) is 5.64. The summed E-state index contributed by atoms with van der Waals surface area (Å²) < 4.78 is 7.58. The van der Waals surface area contributed by atoms with Gasteiger partial charge in [-0.1, -0.05) is 18.7 Å². The number of carbonyl (C=O) groups is 1. The number of rotatable bonds is 10. The molecule has 2 aromatic carbocycles. The van der Waals surface area contributed by atoms with E-state index in [0.717, 1.165) is 29.8 Å². The van der Waals surface area contributed by atoms with E-state index in [1.165, 1.54) is 6.08 Å². The van der Waals surface area contributed by atoms with E-state index in [-0.39, 0.29) is 5.91 Å². The Bertz CT molecular complexity index is 1380. The molecule has 0 aliphatic rings. The van der Waals surface area contributed by atoms with Crippen LogP contribution in [-0.2, 0) is 4.79 Å². The fourth-order valence-electron chi connectivity index (χ4n) is 3.71. The molecule has 2 aromatic heterocycles. The van der Waals surface area contributed by atoms with Crippen molar-refractivity contribution in [2.45, 2.75) is 0 Å². The number of likely N-dealkylation sites (N-methyl/N-ethyl adjacent to an activating group) is 2. The Labute approximate surface area is 210 Å². The summed E-state index contributed by atoms with van der Waals surface area (Å²) in [6.45, 7) is 5.17. The lowest BCUT2D eigenvalue weighted by molar-refractivity contribution is -0.111. The van der Waals surface area contributed by atoms with E-state index in [0.29, 0.717) is 28.9 Å². The molecule has 1 amide bonds. The second-order valence-corrected chi connectivity index (χ2v) is 8.45. The molecular formula is C26H30N8O2. The number of hydrogen-bond donors (Lipinski definition) is 2. The van der Waals surface area contributed by atoms with Gasteiger partial charge in [-0.05, 0) is 44.4 Å². The predicted octanol–water partition coefficient (Wildman–Crippen LogP) is 3.69. The number of anilines is 4. The molecule has 0 unspecified atom stereocenters. The van der Waals surface area contributed by atoms with Crippen molar-refractivity contribution in [3.63, 3.8) is 0 Å². The first-order valence-electron chi connectivity index (χ1n) is 11.4. The monoisotopic (exact) mass is 486 g/mol. The van der Waals surface area contributed by atoms with Crippen LogP contribution >= 0.6 is 0 Å². The summed E-state index contributed by atoms with van der Waals surface area (Å²) in [7, 11) is 7.60. The minimum absolute atomic E-state index is 0.307. The quantitative estimate of drug-likeness (QED) is 0.328. The Morgan fingerprint density at radius 3 is 2.67 bits per heavy atom. The minimum Gasteiger partial charge on any atom is -0.494 e. The van der Waals surface area contributed by atoms with Gasteiger partial charge in [-0.2, -0.15) is 4.98 Å². The number of carbonyl (C=O) groups excluding carboxylic acids is 1. The Morgan fingerprint density at radius 2 is 1.92 bits per heavy atom. The zero-order chi connectivity index (χ0) is 25.7. The summed E-state index contributed by atoms with van der Waals surface area (Å²) >= 11 is 0. The number of fused-ring (bicyclic) bond motifs is 1. The second-order valence-electron chi connectivity index (χ2n) is 8.45. The highest BCUT2D eigenvalue weighted by Gasteiger charge is 2.17. The Morgan fingerprint density at radius 1 is 1.11 bits per heavy atom. The van der Waals surface area contributed by atoms with Gasteiger partial charge in [0.2, 0.25) is 11.9 Å². The van der Waals surface area contributed by atoms with Crippen LogP contribution in [0.25, 0.3) is 16.9 Å². The molecule has 0 saturated heterocycles. The van der Waals surface area contributed by atoms with E-state index in [1.807, 2.05) is 68.2 Å². The van der Waals surface area contributed by atoms with Crippen LogP contribution < -0.4 is 20.3 Å². The number of ether oxygens (including phenoxy) is 1. The fourth-order valence-corrected chi connectivity index (χ4v) is 3.71. The highest BCUT2D eigenvalue weighted by atomic mass is 16.5. The molecule has 0 spiro atoms. The summed E-state index contributed by atoms with van der Waals surface area (Å²) in [6.07, 6.45) is 4.65. The molecule has 4 rings (SSSR count). The Balaban J connectivity index is 1.69. The van der Waals surface area contributed by atoms with Gasteiger partial charge in [0.05, 0.1) is 35.2 Å². The molecule has 0 saturated carbocycles. The first kappa shape index (κ1) is 24.7. The fraction of sp³-hybridized carbons (Fsp3) is 0.231. The van der Waals surface area contributed by atoms with Gasteiger partial charge in [0.15, 0.2) is 0 Å². The van der Waals surface area contributed by atoms with Gasteiger partial charge >= 0.3 is 0 Å². The molecule has 0 fully saturated rings. The minimum atomic E-state index is -0.307. The van der Waals surface area contributed by atoms with Crippen LogP contribution in [0.15, 0.2) is 67.6 Å². The second kappa shape index (κ2) is 10.9. The number of methoxy groups -OCH3 is 1. The van der Waals surface area contributed by atoms with Gasteiger partial charge in [-0.15, -0.1) is 0 Å². The topological polar surface area (TPSA) is 100 Å². The van der Waals surface area contributed by atoms with Crippen LogP contribution in [0.4, 0.5) is 23.0 Å². The van der Waals surface area contributed by atoms with Gasteiger partial charge in [0.1, 0.15) is 17.9 Å². The number of amides is 1. The molecule has 4 aromatic rings. The summed E-state index contributed by atoms with van der Waals surface area (Å²) in [5.41, 5.74) is 3.85. The first-order valence-corrected chi connectivity index (χ1v) is 11.4. The van der Waals surface area contributed by atoms with Crippen LogP contribution in [-0.4, -0.2) is 71.7 Å². The Hall–Kier alpha value is -4.44. The van der Waals surface area contributed by atoms with Crippen LogP contribution in [0.5, 0.6) is 5.75 Å². The molecule has 0 atom stereocenters. The van der Waals surface area contributed by atoms with Gasteiger partial charge in [0, 0.05) is 32.4 Å². The van der Waals surface area contributed by atoms with Gasteiger partial charge < -0.3 is 25.2 Å². The smallest absolute Gasteiger partial charge is 0.247 e. The van der Waals surface area contributed by atoms with Crippen molar-refractivity contribution in [3.05, 3.63) is 67.6 Å². The van der Waals surface area contributed by atoms with Gasteiger partial charge in [0.25, 0.3) is 0 Å². The lowest BCUT2D eigenvalue weighted by Gasteiger charge is -2.26. The third kappa shape index (κ3) is 5.44. The molecule has 36 heavy (non-hydrogen) atoms. The molecular weight excluding hydrogens is 456 g/mol. The highest BCUT2D eigenvalue weighted by molar-refractivity contribution is 6.02. The zero-order valence-corrected chi connectivity index (χ0v) is 20.9. The van der Waals surface area contributed by atoms with E-state index in [9.17, 15) is 4.79 Å². The maximum atomic E-state index is 12.2. The van der Waals surface area contributed by atoms with Crippen molar-refractivity contribution in [3.8, 4) is 11.6 Å². The third-order valence-corrected chi connectivity index (χ3v) is 5.64. The van der Waals surface area contributed by atoms with Crippen LogP contribution in [0.1, 0.15) is 0 Å². The molecule has 186 valence electrons. The van der Waals surface area contributed by atoms with Crippen molar-refractivity contribution in [1.29, 1.82) is 0 Å². The molecule has 0 radical (unpaired) electrons. The molecule has 2 N–H and O–H groups in total. The Kier molecular flexibility index (Phi) is 7.45. The maximum Gasteiger partial charge on any atom is 0.247 e. The summed E-state index contributed by atoms with van der Waals surface area (Å²) in [6, 6.07) is 13.3. The van der Waals surface area contributed by atoms with Crippen molar-refractivity contribution in [1.82, 2.24) is 24.4 Å². The molecule has 2 heterocycles. The summed E-state index contributed by atoms with van der Waals surface area (Å²) in [5, 5.41) is 6.14.